The van der Waals surface area contributed by atoms with Gasteiger partial charge in [-0.05, 0) is 12.7 Å². The van der Waals surface area contributed by atoms with Gasteiger partial charge >= 0.3 is 5.97 Å². The normalized spacial score (nSPS) is 10.9. The molecule has 2 heterocycles. The topological polar surface area (TPSA) is 95.1 Å². The number of fused-ring (bicyclic) bond motifs is 1. The molecule has 2 aromatic rings. The first-order chi connectivity index (χ1) is 10.5. The number of carbonyl (C=O) groups excluding carboxylic acids is 1. The van der Waals surface area contributed by atoms with Crippen LogP contribution < -0.4 is 11.1 Å². The van der Waals surface area contributed by atoms with Gasteiger partial charge in [0.25, 0.3) is 0 Å². The van der Waals surface area contributed by atoms with E-state index in [0.717, 1.165) is 19.4 Å². The van der Waals surface area contributed by atoms with E-state index in [1.807, 2.05) is 6.26 Å². The van der Waals surface area contributed by atoms with Crippen molar-refractivity contribution in [3.8, 4) is 0 Å². The highest BCUT2D eigenvalue weighted by molar-refractivity contribution is 7.98. The average Bonchev–Trinajstić information content (AvgIpc) is 2.78. The summed E-state index contributed by atoms with van der Waals surface area (Å²) in [5, 5.41) is 4.58. The number of thioether (sulfide) groups is 1. The number of anilines is 2. The van der Waals surface area contributed by atoms with Crippen molar-refractivity contribution in [2.75, 3.05) is 31.0 Å². The molecule has 0 radical (unpaired) electrons. The van der Waals surface area contributed by atoms with E-state index in [-0.39, 0.29) is 0 Å². The van der Waals surface area contributed by atoms with Gasteiger partial charge in [0.15, 0.2) is 10.9 Å². The second-order valence-electron chi connectivity index (χ2n) is 4.85. The Balaban J connectivity index is 2.64. The largest absolute Gasteiger partial charge is 0.464 e. The van der Waals surface area contributed by atoms with Crippen LogP contribution in [-0.2, 0) is 11.8 Å². The molecular weight excluding hydrogens is 302 g/mol. The first-order valence-corrected chi connectivity index (χ1v) is 8.29. The number of nitrogen functional groups attached to an aromatic ring is 1. The predicted octanol–water partition coefficient (Wildman–Crippen LogP) is 2.27. The summed E-state index contributed by atoms with van der Waals surface area (Å²) in [6.07, 6.45) is 4.01. The first kappa shape index (κ1) is 16.4. The molecule has 0 saturated carbocycles. The number of hydrogen-bond acceptors (Lipinski definition) is 7. The maximum absolute atomic E-state index is 12.0. The Bertz CT molecular complexity index is 698. The monoisotopic (exact) mass is 323 g/mol. The standard InChI is InChI=1S/C14H21N5O2S/c1-5-6-7-16-11-8-9(15)10(13(20)21-3)19(2)12(8)18-14(17-11)22-4/h5-7,15H2,1-4H3,(H,16,17,18). The van der Waals surface area contributed by atoms with Gasteiger partial charge in [0.05, 0.1) is 18.2 Å². The van der Waals surface area contributed by atoms with Crippen molar-refractivity contribution in [1.82, 2.24) is 14.5 Å². The van der Waals surface area contributed by atoms with Gasteiger partial charge in [-0.2, -0.15) is 0 Å². The number of rotatable bonds is 6. The summed E-state index contributed by atoms with van der Waals surface area (Å²) in [7, 11) is 3.08. The summed E-state index contributed by atoms with van der Waals surface area (Å²) < 4.78 is 6.46. The lowest BCUT2D eigenvalue weighted by Crippen LogP contribution is -2.10. The zero-order chi connectivity index (χ0) is 16.3. The number of aromatic nitrogens is 3. The highest BCUT2D eigenvalue weighted by Crippen LogP contribution is 2.33. The van der Waals surface area contributed by atoms with E-state index in [2.05, 4.69) is 22.2 Å². The summed E-state index contributed by atoms with van der Waals surface area (Å²) in [6.45, 7) is 2.91. The van der Waals surface area contributed by atoms with Crippen molar-refractivity contribution in [2.45, 2.75) is 24.9 Å². The van der Waals surface area contributed by atoms with E-state index in [0.29, 0.717) is 33.4 Å². The van der Waals surface area contributed by atoms with Crippen molar-refractivity contribution < 1.29 is 9.53 Å². The number of hydrogen-bond donors (Lipinski definition) is 2. The molecule has 0 atom stereocenters. The third-order valence-electron chi connectivity index (χ3n) is 3.43. The number of aryl methyl sites for hydroxylation is 1. The summed E-state index contributed by atoms with van der Waals surface area (Å²) in [4.78, 5) is 20.9. The Labute approximate surface area is 133 Å². The molecule has 8 heteroatoms. The van der Waals surface area contributed by atoms with Gasteiger partial charge < -0.3 is 20.4 Å². The van der Waals surface area contributed by atoms with Crippen LogP contribution in [0.3, 0.4) is 0 Å². The number of methoxy groups -OCH3 is 1. The van der Waals surface area contributed by atoms with Gasteiger partial charge in [0.1, 0.15) is 11.5 Å². The number of carbonyl (C=O) groups is 1. The summed E-state index contributed by atoms with van der Waals surface area (Å²) in [5.41, 5.74) is 7.42. The molecule has 0 spiro atoms. The predicted molar refractivity (Wildman–Crippen MR) is 89.4 cm³/mol. The van der Waals surface area contributed by atoms with E-state index < -0.39 is 5.97 Å². The number of ether oxygens (including phenoxy) is 1. The third kappa shape index (κ3) is 2.83. The number of unbranched alkanes of at least 4 members (excludes halogenated alkanes) is 1. The molecule has 0 fully saturated rings. The molecule has 2 aromatic heterocycles. The fourth-order valence-corrected chi connectivity index (χ4v) is 2.63. The van der Waals surface area contributed by atoms with E-state index in [4.69, 9.17) is 10.5 Å². The van der Waals surface area contributed by atoms with Crippen LogP contribution in [0.5, 0.6) is 0 Å². The highest BCUT2D eigenvalue weighted by atomic mass is 32.2. The zero-order valence-corrected chi connectivity index (χ0v) is 14.1. The molecular formula is C14H21N5O2S. The number of nitrogens with two attached hydrogens (primary N) is 1. The molecule has 0 saturated heterocycles. The minimum absolute atomic E-state index is 0.295. The van der Waals surface area contributed by atoms with E-state index in [9.17, 15) is 4.79 Å². The Morgan fingerprint density at radius 3 is 2.77 bits per heavy atom. The van der Waals surface area contributed by atoms with Crippen LogP contribution in [0.1, 0.15) is 30.3 Å². The average molecular weight is 323 g/mol. The molecule has 7 nitrogen and oxygen atoms in total. The minimum atomic E-state index is -0.483. The Morgan fingerprint density at radius 1 is 1.45 bits per heavy atom. The molecule has 0 aliphatic carbocycles. The molecule has 120 valence electrons. The van der Waals surface area contributed by atoms with Crippen LogP contribution >= 0.6 is 11.8 Å². The maximum Gasteiger partial charge on any atom is 0.356 e. The fraction of sp³-hybridized carbons (Fsp3) is 0.500. The second kappa shape index (κ2) is 6.87. The van der Waals surface area contributed by atoms with Gasteiger partial charge in [-0.3, -0.25) is 0 Å². The minimum Gasteiger partial charge on any atom is -0.464 e. The zero-order valence-electron chi connectivity index (χ0n) is 13.3. The van der Waals surface area contributed by atoms with Crippen LogP contribution in [0.25, 0.3) is 11.0 Å². The quantitative estimate of drug-likeness (QED) is 0.364. The number of nitrogens with zero attached hydrogens (tertiary/aromatic N) is 3. The highest BCUT2D eigenvalue weighted by Gasteiger charge is 2.24. The Kier molecular flexibility index (Phi) is 5.12. The molecule has 0 bridgehead atoms. The maximum atomic E-state index is 12.0. The molecule has 3 N–H and O–H groups in total. The molecule has 2 rings (SSSR count). The fourth-order valence-electron chi connectivity index (χ4n) is 2.27. The lowest BCUT2D eigenvalue weighted by molar-refractivity contribution is 0.0591. The molecule has 22 heavy (non-hydrogen) atoms. The Hall–Kier alpha value is -1.96. The van der Waals surface area contributed by atoms with Crippen molar-refractivity contribution in [1.29, 1.82) is 0 Å². The van der Waals surface area contributed by atoms with Crippen LogP contribution in [-0.4, -0.2) is 40.4 Å². The van der Waals surface area contributed by atoms with E-state index in [1.54, 1.807) is 11.6 Å². The van der Waals surface area contributed by atoms with Crippen molar-refractivity contribution in [3.63, 3.8) is 0 Å². The van der Waals surface area contributed by atoms with E-state index in [1.165, 1.54) is 18.9 Å². The molecule has 0 amide bonds. The molecule has 0 unspecified atom stereocenters. The van der Waals surface area contributed by atoms with Gasteiger partial charge in [0, 0.05) is 13.6 Å². The van der Waals surface area contributed by atoms with Gasteiger partial charge in [0.2, 0.25) is 0 Å². The summed E-state index contributed by atoms with van der Waals surface area (Å²) in [5.74, 6) is 0.175. The number of nitrogens with one attached hydrogen (secondary N) is 1. The van der Waals surface area contributed by atoms with Gasteiger partial charge in [-0.1, -0.05) is 25.1 Å². The lowest BCUT2D eigenvalue weighted by atomic mass is 10.2. The van der Waals surface area contributed by atoms with Gasteiger partial charge in [-0.25, -0.2) is 14.8 Å². The second-order valence-corrected chi connectivity index (χ2v) is 5.62. The summed E-state index contributed by atoms with van der Waals surface area (Å²) >= 11 is 1.44. The smallest absolute Gasteiger partial charge is 0.356 e. The number of esters is 1. The first-order valence-electron chi connectivity index (χ1n) is 7.07. The van der Waals surface area contributed by atoms with Gasteiger partial charge in [-0.15, -0.1) is 0 Å². The molecule has 0 aliphatic rings. The summed E-state index contributed by atoms with van der Waals surface area (Å²) in [6, 6.07) is 0. The SMILES string of the molecule is CCCCNc1nc(SC)nc2c1c(N)c(C(=O)OC)n2C. The van der Waals surface area contributed by atoms with Crippen LogP contribution in [0.15, 0.2) is 5.16 Å². The third-order valence-corrected chi connectivity index (χ3v) is 3.98. The lowest BCUT2D eigenvalue weighted by Gasteiger charge is -2.08. The van der Waals surface area contributed by atoms with Crippen molar-refractivity contribution in [3.05, 3.63) is 5.69 Å². The molecule has 0 aliphatic heterocycles. The Morgan fingerprint density at radius 2 is 2.18 bits per heavy atom. The van der Waals surface area contributed by atoms with E-state index >= 15 is 0 Å². The van der Waals surface area contributed by atoms with Crippen molar-refractivity contribution >= 4 is 40.3 Å². The van der Waals surface area contributed by atoms with Crippen molar-refractivity contribution in [2.24, 2.45) is 7.05 Å². The van der Waals surface area contributed by atoms with Crippen LogP contribution in [0.2, 0.25) is 0 Å². The van der Waals surface area contributed by atoms with Crippen LogP contribution in [0.4, 0.5) is 11.5 Å². The van der Waals surface area contributed by atoms with Crippen LogP contribution in [0, 0.1) is 0 Å². The molecule has 0 aromatic carbocycles.